The van der Waals surface area contributed by atoms with Crippen molar-refractivity contribution in [2.75, 3.05) is 48.2 Å². The Balaban J connectivity index is 1.19. The second-order valence-corrected chi connectivity index (χ2v) is 21.1. The number of aromatic amines is 1. The van der Waals surface area contributed by atoms with E-state index in [0.29, 0.717) is 37.2 Å². The van der Waals surface area contributed by atoms with Crippen molar-refractivity contribution >= 4 is 38.5 Å². The van der Waals surface area contributed by atoms with Gasteiger partial charge in [0, 0.05) is 58.8 Å². The Kier molecular flexibility index (Phi) is 24.0. The van der Waals surface area contributed by atoms with E-state index in [2.05, 4.69) is 15.0 Å². The fraction of sp³-hybridized carbons (Fsp3) is 0.526. The lowest BCUT2D eigenvalue weighted by molar-refractivity contribution is -0.288. The van der Waals surface area contributed by atoms with Gasteiger partial charge in [0.1, 0.15) is 35.4 Å². The molecule has 2 aliphatic rings. The van der Waals surface area contributed by atoms with Crippen LogP contribution in [-0.4, -0.2) is 153 Å². The van der Waals surface area contributed by atoms with Crippen LogP contribution in [-0.2, 0) is 76.5 Å². The number of carbonyl (C=O) groups is 5. The van der Waals surface area contributed by atoms with E-state index in [1.54, 1.807) is 14.2 Å². The Bertz CT molecular complexity index is 2780. The van der Waals surface area contributed by atoms with E-state index in [9.17, 15) is 33.6 Å². The highest BCUT2D eigenvalue weighted by Gasteiger charge is 2.56. The van der Waals surface area contributed by atoms with Gasteiger partial charge in [-0.25, -0.2) is 19.1 Å². The summed E-state index contributed by atoms with van der Waals surface area (Å²) in [5.41, 5.74) is -0.208. The number of hydrogen-bond acceptors (Lipinski definition) is 21. The summed E-state index contributed by atoms with van der Waals surface area (Å²) in [6, 6.07) is 26.0. The molecule has 0 spiro atoms. The van der Waals surface area contributed by atoms with Crippen molar-refractivity contribution < 1.29 is 85.1 Å². The summed E-state index contributed by atoms with van der Waals surface area (Å²) < 4.78 is 80.6. The number of rotatable bonds is 28. The molecule has 2 aliphatic heterocycles. The second-order valence-electron chi connectivity index (χ2n) is 19.7. The number of hydrogen-bond donors (Lipinski definition) is 2. The highest BCUT2D eigenvalue weighted by molar-refractivity contribution is 7.44. The van der Waals surface area contributed by atoms with Crippen LogP contribution in [0.15, 0.2) is 101 Å². The summed E-state index contributed by atoms with van der Waals surface area (Å²) in [4.78, 5) is 90.5. The van der Waals surface area contributed by atoms with E-state index in [0.717, 1.165) is 44.6 Å². The summed E-state index contributed by atoms with van der Waals surface area (Å²) in [6.07, 6.45) is -9.61. The lowest BCUT2D eigenvalue weighted by atomic mass is 9.80. The van der Waals surface area contributed by atoms with Gasteiger partial charge in [-0.2, -0.15) is 0 Å². The molecule has 0 radical (unpaired) electrons. The molecule has 3 aromatic carbocycles. The Morgan fingerprint density at radius 3 is 1.77 bits per heavy atom. The van der Waals surface area contributed by atoms with Crippen molar-refractivity contribution in [1.29, 1.82) is 0 Å². The molecule has 25 heteroatoms. The number of methoxy groups -OCH3 is 4. The minimum absolute atomic E-state index is 0.0686. The summed E-state index contributed by atoms with van der Waals surface area (Å²) in [6.45, 7) is 11.6. The van der Waals surface area contributed by atoms with Crippen LogP contribution in [0.3, 0.4) is 0 Å². The van der Waals surface area contributed by atoms with E-state index in [-0.39, 0.29) is 31.8 Å². The summed E-state index contributed by atoms with van der Waals surface area (Å²) in [5.74, 6) is -2.39. The van der Waals surface area contributed by atoms with Crippen molar-refractivity contribution in [3.8, 4) is 11.5 Å². The first-order valence-corrected chi connectivity index (χ1v) is 27.9. The molecule has 24 nitrogen and oxygen atoms in total. The Labute approximate surface area is 477 Å². The average molecular weight is 1170 g/mol. The van der Waals surface area contributed by atoms with Crippen LogP contribution in [0.25, 0.3) is 0 Å². The number of benzene rings is 3. The van der Waals surface area contributed by atoms with E-state index in [1.165, 1.54) is 23.9 Å². The number of aromatic nitrogens is 2. The first-order valence-electron chi connectivity index (χ1n) is 26.8. The molecule has 10 atom stereocenters. The number of esters is 4. The third-order valence-electron chi connectivity index (χ3n) is 13.4. The Morgan fingerprint density at radius 2 is 1.23 bits per heavy atom. The van der Waals surface area contributed by atoms with Gasteiger partial charge in [-0.05, 0) is 81.5 Å². The van der Waals surface area contributed by atoms with Crippen LogP contribution in [0.4, 0.5) is 4.79 Å². The monoisotopic (exact) mass is 1170 g/mol. The topological polar surface area (TPSA) is 275 Å². The van der Waals surface area contributed by atoms with Gasteiger partial charge in [-0.1, -0.05) is 67.4 Å². The van der Waals surface area contributed by atoms with Crippen molar-refractivity contribution in [2.45, 2.75) is 147 Å². The fourth-order valence-corrected chi connectivity index (χ4v) is 11.6. The number of carbonyl (C=O) groups excluding carboxylic acids is 5. The van der Waals surface area contributed by atoms with Gasteiger partial charge in [-0.15, -0.1) is 0 Å². The van der Waals surface area contributed by atoms with Crippen LogP contribution < -0.4 is 26.0 Å². The van der Waals surface area contributed by atoms with Gasteiger partial charge < -0.3 is 66.5 Å². The number of amides is 1. The Morgan fingerprint density at radius 1 is 0.671 bits per heavy atom. The van der Waals surface area contributed by atoms with E-state index in [4.69, 9.17) is 61.2 Å². The molecule has 82 heavy (non-hydrogen) atoms. The molecule has 1 aromatic heterocycles. The molecule has 0 aliphatic carbocycles. The minimum atomic E-state index is -1.89. The highest BCUT2D eigenvalue weighted by atomic mass is 31.2. The van der Waals surface area contributed by atoms with Crippen LogP contribution in [0.2, 0.25) is 0 Å². The van der Waals surface area contributed by atoms with Crippen LogP contribution >= 0.6 is 8.53 Å². The highest BCUT2D eigenvalue weighted by Crippen LogP contribution is 2.51. The zero-order chi connectivity index (χ0) is 59.7. The summed E-state index contributed by atoms with van der Waals surface area (Å²) >= 11 is 0. The zero-order valence-corrected chi connectivity index (χ0v) is 48.9. The van der Waals surface area contributed by atoms with Crippen LogP contribution in [0.5, 0.6) is 11.5 Å². The van der Waals surface area contributed by atoms with Gasteiger partial charge in [0.2, 0.25) is 12.4 Å². The molecule has 4 aromatic rings. The van der Waals surface area contributed by atoms with Gasteiger partial charge >= 0.3 is 35.7 Å². The first kappa shape index (κ1) is 64.4. The SMILES string of the molecule is COC(=O)C1OC(OC(=O)NCCCCCCOP(OC2C(OC)[C@H](n3ccc(=O)[nH]c3=O)O[C@@H]2COC(c2ccccc2)(c2ccc(OC)cc2)c2ccc(OC)cc2)N(C(C)C)C(C)C)C(OC(C)=O)C(OC(C)=O)C1OC(C)=O. The molecular formula is C57H75N4O20P. The molecule has 2 fully saturated rings. The van der Waals surface area contributed by atoms with Gasteiger partial charge in [0.25, 0.3) is 14.1 Å². The van der Waals surface area contributed by atoms with Crippen molar-refractivity contribution in [3.63, 3.8) is 0 Å². The number of H-pyrrole nitrogens is 1. The van der Waals surface area contributed by atoms with E-state index in [1.807, 2.05) is 107 Å². The smallest absolute Gasteiger partial charge is 0.409 e. The predicted octanol–water partition coefficient (Wildman–Crippen LogP) is 6.20. The maximum atomic E-state index is 13.5. The summed E-state index contributed by atoms with van der Waals surface area (Å²) in [5, 5.41) is 2.61. The summed E-state index contributed by atoms with van der Waals surface area (Å²) in [7, 11) is 3.84. The molecular weight excluding hydrogens is 1090 g/mol. The number of unbranched alkanes of at least 4 members (excludes halogenated alkanes) is 3. The van der Waals surface area contributed by atoms with Crippen molar-refractivity contribution in [1.82, 2.24) is 19.5 Å². The quantitative estimate of drug-likeness (QED) is 0.0210. The van der Waals surface area contributed by atoms with Gasteiger partial charge in [-0.3, -0.25) is 28.7 Å². The molecule has 8 unspecified atom stereocenters. The normalized spacial score (nSPS) is 22.0. The van der Waals surface area contributed by atoms with Crippen LogP contribution in [0.1, 0.15) is 97.1 Å². The molecule has 448 valence electrons. The standard InChI is InChI=1S/C57H75N4O20P/c1-34(2)61(35(3)4)82(74-32-18-13-12-17-30-58-56(68)80-54-51(77-38(7)64)48(76-37(6)63)47(75-36(5)62)50(79-54)53(66)72-11)81-46-44(78-52(49(46)71-10)60-31-29-45(65)59-55(60)67)33-73-57(39-19-15-14-16-20-39,40-21-25-42(69-8)26-22-40)41-23-27-43(70-9)28-24-41/h14-16,19-29,31,34-35,44,46-52,54H,12-13,17-18,30,32-33H2,1-11H3,(H,58,68)(H,59,65,67)/t44-,46?,47?,48?,49?,50?,51?,52-,54?,82?/m1/s1. The molecule has 2 N–H and O–H groups in total. The number of nitrogens with zero attached hydrogens (tertiary/aromatic N) is 2. The first-order chi connectivity index (χ1) is 39.3. The number of ether oxygens (including phenoxy) is 11. The lowest BCUT2D eigenvalue weighted by Crippen LogP contribution is -2.64. The number of alkyl carbamates (subject to hydrolysis) is 1. The third-order valence-corrected chi connectivity index (χ3v) is 15.5. The molecule has 0 bridgehead atoms. The molecule has 2 saturated heterocycles. The van der Waals surface area contributed by atoms with E-state index >= 15 is 0 Å². The fourth-order valence-electron chi connectivity index (χ4n) is 9.82. The Hall–Kier alpha value is -6.76. The largest absolute Gasteiger partial charge is 0.497 e. The lowest BCUT2D eigenvalue weighted by Gasteiger charge is -2.42. The second kappa shape index (κ2) is 30.5. The van der Waals surface area contributed by atoms with Crippen molar-refractivity contribution in [3.05, 3.63) is 129 Å². The predicted molar refractivity (Wildman–Crippen MR) is 294 cm³/mol. The van der Waals surface area contributed by atoms with E-state index < -0.39 is 111 Å². The van der Waals surface area contributed by atoms with Crippen LogP contribution in [0, 0.1) is 0 Å². The maximum Gasteiger partial charge on any atom is 0.409 e. The molecule has 3 heterocycles. The van der Waals surface area contributed by atoms with Crippen molar-refractivity contribution in [2.24, 2.45) is 0 Å². The maximum absolute atomic E-state index is 13.5. The number of nitrogens with one attached hydrogen (secondary N) is 2. The zero-order valence-electron chi connectivity index (χ0n) is 48.0. The third kappa shape index (κ3) is 16.3. The molecule has 6 rings (SSSR count). The average Bonchev–Trinajstić information content (AvgIpc) is 2.44. The van der Waals surface area contributed by atoms with Gasteiger partial charge in [0.15, 0.2) is 24.5 Å². The molecule has 1 amide bonds. The molecule has 0 saturated carbocycles. The van der Waals surface area contributed by atoms with Gasteiger partial charge in [0.05, 0.1) is 34.5 Å². The minimum Gasteiger partial charge on any atom is -0.497 e.